The van der Waals surface area contributed by atoms with Crippen molar-refractivity contribution in [2.45, 2.75) is 104 Å². The first kappa shape index (κ1) is 31.9. The number of unbranched alkanes of at least 4 members (excludes halogenated alkanes) is 7. The number of carbonyl (C=O) groups excluding carboxylic acids is 1. The van der Waals surface area contributed by atoms with E-state index in [0.717, 1.165) is 42.9 Å². The second-order valence-corrected chi connectivity index (χ2v) is 13.3. The minimum absolute atomic E-state index is 0.312. The Bertz CT molecular complexity index is 1640. The first-order valence-corrected chi connectivity index (χ1v) is 17.7. The molecule has 0 saturated heterocycles. The molecule has 240 valence electrons. The lowest BCUT2D eigenvalue weighted by Gasteiger charge is -2.45. The summed E-state index contributed by atoms with van der Waals surface area (Å²) in [5.74, 6) is 0.279. The monoisotopic (exact) mass is 614 g/mol. The van der Waals surface area contributed by atoms with Gasteiger partial charge in [-0.05, 0) is 108 Å². The number of anilines is 2. The number of nitrogens with zero attached hydrogens (tertiary/aromatic N) is 2. The molecule has 0 radical (unpaired) electrons. The normalized spacial score (nSPS) is 13.4. The predicted octanol–water partition coefficient (Wildman–Crippen LogP) is 10.8. The van der Waals surface area contributed by atoms with Crippen molar-refractivity contribution in [1.29, 1.82) is 0 Å². The second kappa shape index (κ2) is 15.0. The van der Waals surface area contributed by atoms with Gasteiger partial charge in [-0.1, -0.05) is 101 Å². The van der Waals surface area contributed by atoms with E-state index in [-0.39, 0.29) is 5.97 Å². The van der Waals surface area contributed by atoms with Gasteiger partial charge in [-0.25, -0.2) is 4.79 Å². The molecule has 2 bridgehead atoms. The van der Waals surface area contributed by atoms with Gasteiger partial charge < -0.3 is 14.5 Å². The molecule has 0 N–H and O–H groups in total. The highest BCUT2D eigenvalue weighted by Gasteiger charge is 2.30. The van der Waals surface area contributed by atoms with E-state index in [1.807, 2.05) is 24.3 Å². The molecule has 0 aromatic heterocycles. The van der Waals surface area contributed by atoms with Crippen LogP contribution in [0.5, 0.6) is 5.75 Å². The molecule has 0 spiro atoms. The van der Waals surface area contributed by atoms with Crippen LogP contribution in [-0.2, 0) is 25.9 Å². The van der Waals surface area contributed by atoms with Crippen LogP contribution in [0, 0.1) is 6.92 Å². The van der Waals surface area contributed by atoms with Gasteiger partial charge in [0.25, 0.3) is 0 Å². The Morgan fingerprint density at radius 1 is 0.674 bits per heavy atom. The van der Waals surface area contributed by atoms with Gasteiger partial charge in [-0.15, -0.1) is 0 Å². The quantitative estimate of drug-likeness (QED) is 0.0804. The van der Waals surface area contributed by atoms with E-state index in [1.165, 1.54) is 97.8 Å². The van der Waals surface area contributed by atoms with Crippen LogP contribution in [0.1, 0.15) is 110 Å². The standard InChI is InChI=1S/C42H50N2O2/c1-4-6-8-10-12-15-32-18-22-37(23-19-32)46-42(45)38-17-13-14-31(3)41(38)34-21-25-40-36(27-34)29-44-30-43(40)28-35-26-33(20-24-39(35)44)16-11-9-7-5-2/h13-14,17-27H,4-12,15-16,28-30H2,1-3H3. The number of hydrogen-bond acceptors (Lipinski definition) is 4. The van der Waals surface area contributed by atoms with Gasteiger partial charge in [0.1, 0.15) is 5.75 Å². The fourth-order valence-electron chi connectivity index (χ4n) is 7.24. The van der Waals surface area contributed by atoms with Crippen molar-refractivity contribution in [3.63, 3.8) is 0 Å². The zero-order chi connectivity index (χ0) is 31.9. The Kier molecular flexibility index (Phi) is 10.4. The first-order valence-electron chi connectivity index (χ1n) is 17.7. The summed E-state index contributed by atoms with van der Waals surface area (Å²) in [5.41, 5.74) is 11.8. The molecule has 6 rings (SSSR count). The molecular weight excluding hydrogens is 564 g/mol. The van der Waals surface area contributed by atoms with E-state index in [1.54, 1.807) is 0 Å². The van der Waals surface area contributed by atoms with Gasteiger partial charge in [0, 0.05) is 24.5 Å². The van der Waals surface area contributed by atoms with Crippen molar-refractivity contribution in [2.24, 2.45) is 0 Å². The van der Waals surface area contributed by atoms with Crippen molar-refractivity contribution in [3.05, 3.63) is 112 Å². The van der Waals surface area contributed by atoms with Crippen LogP contribution in [0.15, 0.2) is 78.9 Å². The van der Waals surface area contributed by atoms with Crippen LogP contribution < -0.4 is 14.5 Å². The van der Waals surface area contributed by atoms with E-state index in [0.29, 0.717) is 11.3 Å². The number of fused-ring (bicyclic) bond motifs is 6. The third kappa shape index (κ3) is 7.33. The van der Waals surface area contributed by atoms with Crippen LogP contribution in [0.2, 0.25) is 0 Å². The van der Waals surface area contributed by atoms with Gasteiger partial charge in [-0.2, -0.15) is 0 Å². The highest BCUT2D eigenvalue weighted by atomic mass is 16.5. The average molecular weight is 615 g/mol. The summed E-state index contributed by atoms with van der Waals surface area (Å²) in [4.78, 5) is 18.6. The minimum atomic E-state index is -0.312. The zero-order valence-electron chi connectivity index (χ0n) is 28.1. The lowest BCUT2D eigenvalue weighted by Crippen LogP contribution is -2.46. The lowest BCUT2D eigenvalue weighted by atomic mass is 9.91. The summed E-state index contributed by atoms with van der Waals surface area (Å²) in [6.45, 7) is 9.30. The van der Waals surface area contributed by atoms with Crippen molar-refractivity contribution in [3.8, 4) is 16.9 Å². The van der Waals surface area contributed by atoms with Gasteiger partial charge >= 0.3 is 5.97 Å². The molecule has 0 aliphatic carbocycles. The van der Waals surface area contributed by atoms with Crippen molar-refractivity contribution >= 4 is 17.3 Å². The van der Waals surface area contributed by atoms with Crippen LogP contribution in [0.4, 0.5) is 11.4 Å². The largest absolute Gasteiger partial charge is 0.423 e. The first-order chi connectivity index (χ1) is 22.5. The molecule has 2 aliphatic rings. The molecule has 0 amide bonds. The molecule has 46 heavy (non-hydrogen) atoms. The number of aryl methyl sites for hydroxylation is 3. The Morgan fingerprint density at radius 2 is 1.28 bits per heavy atom. The summed E-state index contributed by atoms with van der Waals surface area (Å²) in [6, 6.07) is 27.8. The molecular formula is C42H50N2O2. The van der Waals surface area contributed by atoms with E-state index in [4.69, 9.17) is 4.74 Å². The maximum Gasteiger partial charge on any atom is 0.344 e. The Morgan fingerprint density at radius 3 is 2.00 bits per heavy atom. The van der Waals surface area contributed by atoms with Crippen molar-refractivity contribution < 1.29 is 9.53 Å². The molecule has 2 aliphatic heterocycles. The molecule has 0 atom stereocenters. The maximum absolute atomic E-state index is 13.6. The summed E-state index contributed by atoms with van der Waals surface area (Å²) in [7, 11) is 0. The average Bonchev–Trinajstić information content (AvgIpc) is 3.07. The number of benzene rings is 4. The summed E-state index contributed by atoms with van der Waals surface area (Å²) >= 11 is 0. The molecule has 0 unspecified atom stereocenters. The number of ether oxygens (including phenoxy) is 1. The lowest BCUT2D eigenvalue weighted by molar-refractivity contribution is 0.0735. The maximum atomic E-state index is 13.6. The highest BCUT2D eigenvalue weighted by molar-refractivity contribution is 5.99. The van der Waals surface area contributed by atoms with Crippen LogP contribution in [0.3, 0.4) is 0 Å². The SMILES string of the molecule is CCCCCCCc1ccc(OC(=O)c2cccc(C)c2-c2ccc3c(c2)CN2CN3Cc3cc(CCCCCC)ccc32)cc1. The Balaban J connectivity index is 1.16. The van der Waals surface area contributed by atoms with Gasteiger partial charge in [0.05, 0.1) is 12.2 Å². The number of hydrogen-bond donors (Lipinski definition) is 0. The zero-order valence-corrected chi connectivity index (χ0v) is 28.1. The molecule has 4 nitrogen and oxygen atoms in total. The molecule has 0 saturated carbocycles. The van der Waals surface area contributed by atoms with E-state index in [9.17, 15) is 4.79 Å². The third-order valence-corrected chi connectivity index (χ3v) is 9.77. The molecule has 4 aromatic carbocycles. The smallest absolute Gasteiger partial charge is 0.344 e. The topological polar surface area (TPSA) is 32.8 Å². The number of carbonyl (C=O) groups is 1. The molecule has 4 aromatic rings. The number of rotatable bonds is 14. The van der Waals surface area contributed by atoms with Gasteiger partial charge in [0.15, 0.2) is 0 Å². The predicted molar refractivity (Wildman–Crippen MR) is 192 cm³/mol. The van der Waals surface area contributed by atoms with Crippen LogP contribution in [-0.4, -0.2) is 12.6 Å². The van der Waals surface area contributed by atoms with Crippen molar-refractivity contribution in [2.75, 3.05) is 16.5 Å². The van der Waals surface area contributed by atoms with E-state index >= 15 is 0 Å². The van der Waals surface area contributed by atoms with Crippen LogP contribution in [0.25, 0.3) is 11.1 Å². The number of esters is 1. The Labute approximate surface area is 276 Å². The third-order valence-electron chi connectivity index (χ3n) is 9.77. The fourth-order valence-corrected chi connectivity index (χ4v) is 7.24. The van der Waals surface area contributed by atoms with Crippen molar-refractivity contribution in [1.82, 2.24) is 0 Å². The summed E-state index contributed by atoms with van der Waals surface area (Å²) in [6.07, 6.45) is 13.8. The highest BCUT2D eigenvalue weighted by Crippen LogP contribution is 2.41. The minimum Gasteiger partial charge on any atom is -0.423 e. The molecule has 2 heterocycles. The van der Waals surface area contributed by atoms with Gasteiger partial charge in [-0.3, -0.25) is 0 Å². The fraction of sp³-hybridized carbons (Fsp3) is 0.405. The summed E-state index contributed by atoms with van der Waals surface area (Å²) < 4.78 is 5.93. The van der Waals surface area contributed by atoms with Crippen LogP contribution >= 0.6 is 0 Å². The molecule has 4 heteroatoms. The van der Waals surface area contributed by atoms with E-state index < -0.39 is 0 Å². The second-order valence-electron chi connectivity index (χ2n) is 13.3. The Hall–Kier alpha value is -4.05. The van der Waals surface area contributed by atoms with Gasteiger partial charge in [0.2, 0.25) is 0 Å². The molecule has 0 fully saturated rings. The summed E-state index contributed by atoms with van der Waals surface area (Å²) in [5, 5.41) is 0. The van der Waals surface area contributed by atoms with E-state index in [2.05, 4.69) is 85.2 Å².